The molecule has 23 heavy (non-hydrogen) atoms. The molecule has 0 spiro atoms. The van der Waals surface area contributed by atoms with Crippen LogP contribution in [0.4, 0.5) is 0 Å². The van der Waals surface area contributed by atoms with E-state index < -0.39 is 0 Å². The Morgan fingerprint density at radius 1 is 0.696 bits per heavy atom. The van der Waals surface area contributed by atoms with E-state index in [4.69, 9.17) is 0 Å². The Morgan fingerprint density at radius 3 is 1.39 bits per heavy atom. The van der Waals surface area contributed by atoms with Gasteiger partial charge in [-0.1, -0.05) is 65.2 Å². The van der Waals surface area contributed by atoms with Crippen LogP contribution in [0.3, 0.4) is 0 Å². The van der Waals surface area contributed by atoms with Gasteiger partial charge in [0.05, 0.1) is 41.3 Å². The van der Waals surface area contributed by atoms with Crippen LogP contribution in [-0.2, 0) is 0 Å². The van der Waals surface area contributed by atoms with E-state index in [0.29, 0.717) is 0 Å². The summed E-state index contributed by atoms with van der Waals surface area (Å²) in [5, 5.41) is 0. The molecule has 0 radical (unpaired) electrons. The number of halogens is 1. The molecule has 0 aromatic carbocycles. The molecule has 0 N–H and O–H groups in total. The Balaban J connectivity index is 0. The molecule has 0 aliphatic rings. The van der Waals surface area contributed by atoms with Crippen molar-refractivity contribution in [3.8, 4) is 0 Å². The molecule has 0 heterocycles. The summed E-state index contributed by atoms with van der Waals surface area (Å²) in [6, 6.07) is 0. The van der Waals surface area contributed by atoms with E-state index in [1.165, 1.54) is 83.3 Å². The van der Waals surface area contributed by atoms with Crippen LogP contribution in [0.25, 0.3) is 0 Å². The van der Waals surface area contributed by atoms with E-state index in [1.54, 1.807) is 0 Å². The zero-order valence-corrected chi connectivity index (χ0v) is 18.3. The lowest BCUT2D eigenvalue weighted by Crippen LogP contribution is -3.00. The number of nitrogens with zero attached hydrogens (tertiary/aromatic N) is 3. The molecule has 0 unspecified atom stereocenters. The fraction of sp³-hybridized carbons (Fsp3) is 0.947. The van der Waals surface area contributed by atoms with Crippen molar-refractivity contribution in [1.82, 2.24) is 9.80 Å². The second-order valence-electron chi connectivity index (χ2n) is 6.90. The molecule has 0 amide bonds. The van der Waals surface area contributed by atoms with E-state index in [-0.39, 0.29) is 17.0 Å². The first-order valence-corrected chi connectivity index (χ1v) is 9.51. The molecule has 0 aromatic rings. The van der Waals surface area contributed by atoms with E-state index in [2.05, 4.69) is 56.4 Å². The molecule has 3 nitrogen and oxygen atoms in total. The van der Waals surface area contributed by atoms with Crippen LogP contribution in [0.1, 0.15) is 78.1 Å². The lowest BCUT2D eigenvalue weighted by molar-refractivity contribution is -0.476. The van der Waals surface area contributed by atoms with Gasteiger partial charge in [-0.2, -0.15) is 0 Å². The van der Waals surface area contributed by atoms with Gasteiger partial charge in [-0.3, -0.25) is 14.4 Å². The van der Waals surface area contributed by atoms with Gasteiger partial charge in [0.25, 0.3) is 0 Å². The predicted molar refractivity (Wildman–Crippen MR) is 99.9 cm³/mol. The number of hydrogen-bond donors (Lipinski definition) is 0. The highest BCUT2D eigenvalue weighted by Crippen LogP contribution is 2.08. The number of unbranched alkanes of at least 4 members (excludes halogenated alkanes) is 8. The fourth-order valence-electron chi connectivity index (χ4n) is 3.09. The summed E-state index contributed by atoms with van der Waals surface area (Å²) >= 11 is 0. The summed E-state index contributed by atoms with van der Waals surface area (Å²) in [6.45, 7) is 6.96. The molecule has 0 saturated heterocycles. The Hall–Kier alpha value is -0.250. The molecular formula is C19H42BrN3. The maximum absolute atomic E-state index is 2.60. The molecule has 140 valence electrons. The molecule has 0 aromatic heterocycles. The van der Waals surface area contributed by atoms with Crippen molar-refractivity contribution in [2.45, 2.75) is 78.1 Å². The lowest BCUT2D eigenvalue weighted by atomic mass is 10.1. The van der Waals surface area contributed by atoms with Gasteiger partial charge in [0, 0.05) is 0 Å². The summed E-state index contributed by atoms with van der Waals surface area (Å²) in [6.07, 6.45) is 13.6. The quantitative estimate of drug-likeness (QED) is 0.215. The van der Waals surface area contributed by atoms with Gasteiger partial charge < -0.3 is 17.0 Å². The molecule has 0 saturated carbocycles. The Labute approximate surface area is 156 Å². The fourth-order valence-corrected chi connectivity index (χ4v) is 3.09. The monoisotopic (exact) mass is 391 g/mol. The average molecular weight is 392 g/mol. The van der Waals surface area contributed by atoms with Gasteiger partial charge in [-0.05, 0) is 12.8 Å². The van der Waals surface area contributed by atoms with Gasteiger partial charge >= 0.3 is 5.96 Å². The first-order valence-electron chi connectivity index (χ1n) is 9.51. The van der Waals surface area contributed by atoms with E-state index in [0.717, 1.165) is 0 Å². The zero-order valence-electron chi connectivity index (χ0n) is 16.7. The summed E-state index contributed by atoms with van der Waals surface area (Å²) in [4.78, 5) is 4.86. The van der Waals surface area contributed by atoms with Crippen molar-refractivity contribution in [1.29, 1.82) is 0 Å². The molecule has 0 rings (SSSR count). The normalized spacial score (nSPS) is 10.2. The third kappa shape index (κ3) is 12.8. The van der Waals surface area contributed by atoms with Gasteiger partial charge in [-0.25, -0.2) is 0 Å². The molecule has 0 fully saturated rings. The van der Waals surface area contributed by atoms with Crippen molar-refractivity contribution in [2.24, 2.45) is 0 Å². The smallest absolute Gasteiger partial charge is 0.349 e. The lowest BCUT2D eigenvalue weighted by Gasteiger charge is -2.25. The van der Waals surface area contributed by atoms with Crippen LogP contribution >= 0.6 is 0 Å². The molecule has 0 aliphatic carbocycles. The van der Waals surface area contributed by atoms with Crippen molar-refractivity contribution in [3.63, 3.8) is 0 Å². The van der Waals surface area contributed by atoms with E-state index in [9.17, 15) is 0 Å². The third-order valence-corrected chi connectivity index (χ3v) is 4.15. The van der Waals surface area contributed by atoms with Crippen molar-refractivity contribution >= 4 is 5.96 Å². The van der Waals surface area contributed by atoms with E-state index in [1.807, 2.05) is 0 Å². The Kier molecular flexibility index (Phi) is 18.0. The van der Waals surface area contributed by atoms with Crippen LogP contribution in [0.2, 0.25) is 0 Å². The molecule has 4 heteroatoms. The second kappa shape index (κ2) is 16.6. The van der Waals surface area contributed by atoms with Crippen molar-refractivity contribution < 1.29 is 21.6 Å². The minimum absolute atomic E-state index is 0. The van der Waals surface area contributed by atoms with Crippen LogP contribution in [0, 0.1) is 0 Å². The minimum Gasteiger partial charge on any atom is -1.00 e. The number of rotatable bonds is 12. The predicted octanol–water partition coefficient (Wildman–Crippen LogP) is 1.42. The van der Waals surface area contributed by atoms with Gasteiger partial charge in [0.1, 0.15) is 0 Å². The first-order chi connectivity index (χ1) is 10.5. The largest absolute Gasteiger partial charge is 1.00 e. The summed E-state index contributed by atoms with van der Waals surface area (Å²) in [5.74, 6) is 1.35. The van der Waals surface area contributed by atoms with Gasteiger partial charge in [-0.15, -0.1) is 0 Å². The second-order valence-corrected chi connectivity index (χ2v) is 6.90. The highest BCUT2D eigenvalue weighted by Gasteiger charge is 2.21. The van der Waals surface area contributed by atoms with Crippen molar-refractivity contribution in [2.75, 3.05) is 41.3 Å². The highest BCUT2D eigenvalue weighted by atomic mass is 79.9. The zero-order chi connectivity index (χ0) is 16.8. The summed E-state index contributed by atoms with van der Waals surface area (Å²) < 4.78 is 2.26. The van der Waals surface area contributed by atoms with Crippen LogP contribution in [0.15, 0.2) is 0 Å². The minimum atomic E-state index is 0. The topological polar surface area (TPSA) is 9.49 Å². The van der Waals surface area contributed by atoms with Crippen LogP contribution < -0.4 is 17.0 Å². The molecule has 0 bridgehead atoms. The number of hydrogen-bond acceptors (Lipinski definition) is 0. The molecule has 0 atom stereocenters. The maximum Gasteiger partial charge on any atom is 0.349 e. The van der Waals surface area contributed by atoms with Crippen LogP contribution in [0.5, 0.6) is 0 Å². The molecule has 0 aliphatic heterocycles. The van der Waals surface area contributed by atoms with Gasteiger partial charge in [0.15, 0.2) is 0 Å². The SMILES string of the molecule is CCCCCCCN(CCCCCCC)C(N(C)C)=[N+](C)C.[Br-]. The molecular weight excluding hydrogens is 350 g/mol. The van der Waals surface area contributed by atoms with Crippen molar-refractivity contribution in [3.05, 3.63) is 0 Å². The first kappa shape index (κ1) is 25.0. The van der Waals surface area contributed by atoms with E-state index >= 15 is 0 Å². The summed E-state index contributed by atoms with van der Waals surface area (Å²) in [7, 11) is 8.65. The third-order valence-electron chi connectivity index (χ3n) is 4.15. The Bertz CT molecular complexity index is 272. The Morgan fingerprint density at radius 2 is 1.09 bits per heavy atom. The maximum atomic E-state index is 2.60. The average Bonchev–Trinajstić information content (AvgIpc) is 2.45. The summed E-state index contributed by atoms with van der Waals surface area (Å²) in [5.41, 5.74) is 0. The highest BCUT2D eigenvalue weighted by molar-refractivity contribution is 5.74. The van der Waals surface area contributed by atoms with Crippen LogP contribution in [-0.4, -0.2) is 61.6 Å². The van der Waals surface area contributed by atoms with Gasteiger partial charge in [0.2, 0.25) is 0 Å². The standard InChI is InChI=1S/C19H42N3.BrH/c1-7-9-11-13-15-17-22(18-16-14-12-10-8-2)19(20(3)4)21(5)6;/h7-18H2,1-6H3;1H/q+1;/p-1. The number of guanidine groups is 1.